The Kier molecular flexibility index (Phi) is 4.97. The van der Waals surface area contributed by atoms with Gasteiger partial charge in [-0.3, -0.25) is 4.79 Å². The molecule has 9 nitrogen and oxygen atoms in total. The minimum Gasteiger partial charge on any atom is -0.378 e. The number of amides is 1. The first kappa shape index (κ1) is 18.4. The van der Waals surface area contributed by atoms with E-state index in [0.717, 1.165) is 10.7 Å². The van der Waals surface area contributed by atoms with Crippen molar-refractivity contribution in [2.24, 2.45) is 0 Å². The standard InChI is InChI=1S/C17H16ClFN6O3/c18-11-1-2-13(12(19)9-11)21-14(26)10-25-17(27)24-4-3-20-15(16(24)22-25)23-5-7-28-8-6-23/h1-4,9H,5-8,10H2,(H,21,26). The second-order valence-corrected chi connectivity index (χ2v) is 6.59. The molecule has 1 saturated heterocycles. The van der Waals surface area contributed by atoms with Crippen molar-refractivity contribution < 1.29 is 13.9 Å². The molecular weight excluding hydrogens is 391 g/mol. The zero-order valence-electron chi connectivity index (χ0n) is 14.6. The third-order valence-electron chi connectivity index (χ3n) is 4.29. The molecule has 1 amide bonds. The first-order chi connectivity index (χ1) is 13.5. The largest absolute Gasteiger partial charge is 0.378 e. The van der Waals surface area contributed by atoms with Crippen LogP contribution in [0.5, 0.6) is 0 Å². The summed E-state index contributed by atoms with van der Waals surface area (Å²) >= 11 is 5.70. The number of anilines is 2. The number of carbonyl (C=O) groups excluding carboxylic acids is 1. The molecule has 1 aliphatic rings. The number of aromatic nitrogens is 4. The van der Waals surface area contributed by atoms with Crippen LogP contribution in [0.15, 0.2) is 35.4 Å². The predicted molar refractivity (Wildman–Crippen MR) is 100 cm³/mol. The molecule has 1 aliphatic heterocycles. The van der Waals surface area contributed by atoms with Gasteiger partial charge in [0, 0.05) is 30.5 Å². The molecule has 1 aromatic carbocycles. The van der Waals surface area contributed by atoms with Crippen LogP contribution in [0.3, 0.4) is 0 Å². The molecule has 3 aromatic rings. The fourth-order valence-electron chi connectivity index (χ4n) is 2.95. The van der Waals surface area contributed by atoms with E-state index in [-0.39, 0.29) is 17.3 Å². The van der Waals surface area contributed by atoms with Crippen LogP contribution in [0.2, 0.25) is 5.02 Å². The van der Waals surface area contributed by atoms with Crippen molar-refractivity contribution in [3.8, 4) is 0 Å². The van der Waals surface area contributed by atoms with Gasteiger partial charge in [-0.25, -0.2) is 23.3 Å². The van der Waals surface area contributed by atoms with E-state index in [1.807, 2.05) is 4.90 Å². The molecular formula is C17H16ClFN6O3. The Labute approximate surface area is 163 Å². The van der Waals surface area contributed by atoms with Crippen molar-refractivity contribution in [2.45, 2.75) is 6.54 Å². The number of hydrogen-bond donors (Lipinski definition) is 1. The molecule has 11 heteroatoms. The van der Waals surface area contributed by atoms with E-state index in [1.165, 1.54) is 28.9 Å². The molecule has 0 spiro atoms. The van der Waals surface area contributed by atoms with Crippen LogP contribution in [-0.4, -0.2) is 51.4 Å². The van der Waals surface area contributed by atoms with Crippen LogP contribution in [0, 0.1) is 5.82 Å². The molecule has 28 heavy (non-hydrogen) atoms. The first-order valence-corrected chi connectivity index (χ1v) is 8.92. The Hall–Kier alpha value is -2.98. The summed E-state index contributed by atoms with van der Waals surface area (Å²) in [6.07, 6.45) is 3.00. The van der Waals surface area contributed by atoms with Crippen molar-refractivity contribution in [1.82, 2.24) is 19.2 Å². The number of ether oxygens (including phenoxy) is 1. The van der Waals surface area contributed by atoms with Gasteiger partial charge in [0.2, 0.25) is 11.6 Å². The number of nitrogens with zero attached hydrogens (tertiary/aromatic N) is 5. The fraction of sp³-hybridized carbons (Fsp3) is 0.294. The number of fused-ring (bicyclic) bond motifs is 1. The molecule has 1 fully saturated rings. The highest BCUT2D eigenvalue weighted by atomic mass is 35.5. The summed E-state index contributed by atoms with van der Waals surface area (Å²) in [4.78, 5) is 31.2. The highest BCUT2D eigenvalue weighted by molar-refractivity contribution is 6.30. The van der Waals surface area contributed by atoms with Gasteiger partial charge in [-0.1, -0.05) is 11.6 Å². The summed E-state index contributed by atoms with van der Waals surface area (Å²) in [6.45, 7) is 2.00. The number of morpholine rings is 1. The Morgan fingerprint density at radius 1 is 1.32 bits per heavy atom. The van der Waals surface area contributed by atoms with Crippen LogP contribution in [0.25, 0.3) is 5.65 Å². The van der Waals surface area contributed by atoms with Crippen LogP contribution in [0.4, 0.5) is 15.9 Å². The van der Waals surface area contributed by atoms with Crippen LogP contribution >= 0.6 is 11.6 Å². The lowest BCUT2D eigenvalue weighted by Crippen LogP contribution is -2.37. The van der Waals surface area contributed by atoms with Gasteiger partial charge in [0.15, 0.2) is 5.82 Å². The smallest absolute Gasteiger partial charge is 0.350 e. The van der Waals surface area contributed by atoms with Crippen molar-refractivity contribution >= 4 is 34.7 Å². The Balaban J connectivity index is 1.59. The van der Waals surface area contributed by atoms with Gasteiger partial charge >= 0.3 is 5.69 Å². The lowest BCUT2D eigenvalue weighted by atomic mass is 10.3. The van der Waals surface area contributed by atoms with E-state index in [9.17, 15) is 14.0 Å². The summed E-state index contributed by atoms with van der Waals surface area (Å²) in [5.74, 6) is -0.708. The highest BCUT2D eigenvalue weighted by Crippen LogP contribution is 2.19. The molecule has 0 saturated carbocycles. The van der Waals surface area contributed by atoms with Crippen molar-refractivity contribution in [1.29, 1.82) is 0 Å². The van der Waals surface area contributed by atoms with Crippen molar-refractivity contribution in [3.05, 3.63) is 51.9 Å². The quantitative estimate of drug-likeness (QED) is 0.698. The maximum atomic E-state index is 13.8. The molecule has 3 heterocycles. The molecule has 4 rings (SSSR count). The monoisotopic (exact) mass is 406 g/mol. The van der Waals surface area contributed by atoms with Gasteiger partial charge < -0.3 is 15.0 Å². The lowest BCUT2D eigenvalue weighted by molar-refractivity contribution is -0.117. The van der Waals surface area contributed by atoms with E-state index < -0.39 is 17.4 Å². The Morgan fingerprint density at radius 3 is 2.86 bits per heavy atom. The predicted octanol–water partition coefficient (Wildman–Crippen LogP) is 1.16. The normalized spacial score (nSPS) is 14.4. The molecule has 2 aromatic heterocycles. The number of nitrogens with one attached hydrogen (secondary N) is 1. The second kappa shape index (κ2) is 7.56. The van der Waals surface area contributed by atoms with Gasteiger partial charge in [0.05, 0.1) is 18.9 Å². The number of hydrogen-bond acceptors (Lipinski definition) is 6. The summed E-state index contributed by atoms with van der Waals surface area (Å²) < 4.78 is 21.5. The summed E-state index contributed by atoms with van der Waals surface area (Å²) in [5, 5.41) is 6.88. The Bertz CT molecular complexity index is 1090. The summed E-state index contributed by atoms with van der Waals surface area (Å²) in [5.41, 5.74) is -0.166. The number of benzene rings is 1. The minimum atomic E-state index is -0.665. The maximum absolute atomic E-state index is 13.8. The fourth-order valence-corrected chi connectivity index (χ4v) is 3.11. The van der Waals surface area contributed by atoms with E-state index in [0.29, 0.717) is 37.8 Å². The van der Waals surface area contributed by atoms with Gasteiger partial charge in [0.25, 0.3) is 0 Å². The van der Waals surface area contributed by atoms with E-state index in [1.54, 1.807) is 0 Å². The van der Waals surface area contributed by atoms with Crippen molar-refractivity contribution in [2.75, 3.05) is 36.5 Å². The van der Waals surface area contributed by atoms with Gasteiger partial charge in [-0.15, -0.1) is 5.10 Å². The van der Waals surface area contributed by atoms with E-state index in [2.05, 4.69) is 15.4 Å². The molecule has 0 radical (unpaired) electrons. The summed E-state index contributed by atoms with van der Waals surface area (Å²) in [7, 11) is 0. The SMILES string of the molecule is O=C(Cn1nc2c(N3CCOCC3)nccn2c1=O)Nc1ccc(Cl)cc1F. The third kappa shape index (κ3) is 3.56. The van der Waals surface area contributed by atoms with E-state index in [4.69, 9.17) is 16.3 Å². The molecule has 0 bridgehead atoms. The molecule has 146 valence electrons. The zero-order chi connectivity index (χ0) is 19.7. The number of carbonyl (C=O) groups is 1. The molecule has 0 aliphatic carbocycles. The molecule has 0 atom stereocenters. The second-order valence-electron chi connectivity index (χ2n) is 6.16. The molecule has 0 unspecified atom stereocenters. The third-order valence-corrected chi connectivity index (χ3v) is 4.53. The minimum absolute atomic E-state index is 0.0260. The van der Waals surface area contributed by atoms with Crippen LogP contribution in [-0.2, 0) is 16.1 Å². The van der Waals surface area contributed by atoms with E-state index >= 15 is 0 Å². The van der Waals surface area contributed by atoms with Gasteiger partial charge in [-0.2, -0.15) is 0 Å². The first-order valence-electron chi connectivity index (χ1n) is 8.55. The van der Waals surface area contributed by atoms with Crippen LogP contribution < -0.4 is 15.9 Å². The van der Waals surface area contributed by atoms with Crippen LogP contribution in [0.1, 0.15) is 0 Å². The summed E-state index contributed by atoms with van der Waals surface area (Å²) in [6, 6.07) is 3.90. The average molecular weight is 407 g/mol. The lowest BCUT2D eigenvalue weighted by Gasteiger charge is -2.27. The average Bonchev–Trinajstić information content (AvgIpc) is 3.00. The van der Waals surface area contributed by atoms with Crippen molar-refractivity contribution in [3.63, 3.8) is 0 Å². The number of halogens is 2. The van der Waals surface area contributed by atoms with Gasteiger partial charge in [0.1, 0.15) is 12.4 Å². The zero-order valence-corrected chi connectivity index (χ0v) is 15.4. The molecule has 1 N–H and O–H groups in total. The van der Waals surface area contributed by atoms with Gasteiger partial charge in [-0.05, 0) is 18.2 Å². The highest BCUT2D eigenvalue weighted by Gasteiger charge is 2.20. The topological polar surface area (TPSA) is 93.8 Å². The number of rotatable bonds is 4. The maximum Gasteiger partial charge on any atom is 0.350 e. The Morgan fingerprint density at radius 2 is 2.11 bits per heavy atom.